The van der Waals surface area contributed by atoms with Crippen molar-refractivity contribution in [2.45, 2.75) is 32.4 Å². The molecule has 0 saturated carbocycles. The van der Waals surface area contributed by atoms with E-state index in [1.807, 2.05) is 35.9 Å². The minimum Gasteiger partial charge on any atom is -0.365 e. The zero-order valence-corrected chi connectivity index (χ0v) is 11.8. The van der Waals surface area contributed by atoms with E-state index in [0.29, 0.717) is 6.04 Å². The number of nitrogens with one attached hydrogen (secondary N) is 1. The van der Waals surface area contributed by atoms with Crippen LogP contribution in [0.1, 0.15) is 18.1 Å². The van der Waals surface area contributed by atoms with Crippen LogP contribution >= 0.6 is 0 Å². The summed E-state index contributed by atoms with van der Waals surface area (Å²) in [6, 6.07) is 8.37. The molecule has 21 heavy (non-hydrogen) atoms. The lowest BCUT2D eigenvalue weighted by molar-refractivity contribution is 0.440. The number of rotatable bonds is 2. The third-order valence-corrected chi connectivity index (χ3v) is 3.85. The molecule has 0 radical (unpaired) electrons. The number of para-hydroxylation sites is 1. The van der Waals surface area contributed by atoms with Gasteiger partial charge in [0.1, 0.15) is 23.8 Å². The van der Waals surface area contributed by atoms with E-state index in [1.54, 1.807) is 6.33 Å². The fraction of sp³-hybridized carbons (Fsp3) is 0.333. The Bertz CT molecular complexity index is 788. The van der Waals surface area contributed by atoms with Gasteiger partial charge in [-0.05, 0) is 25.5 Å². The molecule has 2 aromatic heterocycles. The second-order valence-corrected chi connectivity index (χ2v) is 5.38. The number of benzene rings is 1. The number of anilines is 1. The summed E-state index contributed by atoms with van der Waals surface area (Å²) < 4.78 is 2.00. The first-order valence-electron chi connectivity index (χ1n) is 7.16. The summed E-state index contributed by atoms with van der Waals surface area (Å²) in [5.74, 6) is 2.82. The average Bonchev–Trinajstić information content (AvgIpc) is 2.87. The molecule has 0 saturated heterocycles. The second-order valence-electron chi connectivity index (χ2n) is 5.38. The van der Waals surface area contributed by atoms with Crippen LogP contribution < -0.4 is 5.32 Å². The van der Waals surface area contributed by atoms with Crippen molar-refractivity contribution in [2.75, 3.05) is 5.32 Å². The topological polar surface area (TPSA) is 68.5 Å². The number of aromatic nitrogens is 5. The minimum atomic E-state index is 0.317. The summed E-state index contributed by atoms with van der Waals surface area (Å²) in [6.07, 6.45) is 3.59. The van der Waals surface area contributed by atoms with Crippen LogP contribution in [0.4, 0.5) is 5.82 Å². The van der Waals surface area contributed by atoms with Gasteiger partial charge in [-0.15, -0.1) is 0 Å². The molecule has 4 rings (SSSR count). The Morgan fingerprint density at radius 2 is 2.14 bits per heavy atom. The van der Waals surface area contributed by atoms with Gasteiger partial charge in [0.2, 0.25) is 0 Å². The van der Waals surface area contributed by atoms with Crippen LogP contribution in [0.2, 0.25) is 0 Å². The quantitative estimate of drug-likeness (QED) is 0.777. The number of fused-ring (bicyclic) bond motifs is 2. The lowest BCUT2D eigenvalue weighted by Crippen LogP contribution is -2.32. The minimum absolute atomic E-state index is 0.317. The molecule has 1 aromatic carbocycles. The van der Waals surface area contributed by atoms with Crippen LogP contribution in [0.3, 0.4) is 0 Å². The summed E-state index contributed by atoms with van der Waals surface area (Å²) in [7, 11) is 0. The van der Waals surface area contributed by atoms with Crippen molar-refractivity contribution in [1.29, 1.82) is 0 Å². The molecule has 6 heteroatoms. The summed E-state index contributed by atoms with van der Waals surface area (Å²) in [6.45, 7) is 2.76. The molecule has 0 amide bonds. The summed E-state index contributed by atoms with van der Waals surface area (Å²) in [5, 5.41) is 9.03. The standard InChI is InChI=1S/C15H16N6/c1-10-18-14-7-6-11(8-21(14)20-10)19-15-12-4-2-3-5-13(12)16-9-17-15/h2-5,9,11H,6-8H2,1H3,(H,16,17,19). The maximum absolute atomic E-state index is 4.44. The molecule has 0 bridgehead atoms. The molecule has 3 heterocycles. The number of aryl methyl sites for hydroxylation is 2. The predicted molar refractivity (Wildman–Crippen MR) is 80.0 cm³/mol. The Balaban J connectivity index is 1.61. The lowest BCUT2D eigenvalue weighted by Gasteiger charge is -2.24. The highest BCUT2D eigenvalue weighted by Crippen LogP contribution is 2.22. The van der Waals surface area contributed by atoms with Crippen molar-refractivity contribution in [2.24, 2.45) is 0 Å². The highest BCUT2D eigenvalue weighted by molar-refractivity contribution is 5.88. The van der Waals surface area contributed by atoms with E-state index in [4.69, 9.17) is 0 Å². The van der Waals surface area contributed by atoms with Gasteiger partial charge in [-0.1, -0.05) is 12.1 Å². The Morgan fingerprint density at radius 3 is 3.10 bits per heavy atom. The van der Waals surface area contributed by atoms with E-state index in [9.17, 15) is 0 Å². The fourth-order valence-corrected chi connectivity index (χ4v) is 2.86. The van der Waals surface area contributed by atoms with Gasteiger partial charge in [0.05, 0.1) is 12.1 Å². The van der Waals surface area contributed by atoms with Crippen LogP contribution in [0.25, 0.3) is 10.9 Å². The Morgan fingerprint density at radius 1 is 1.24 bits per heavy atom. The van der Waals surface area contributed by atoms with Gasteiger partial charge in [0, 0.05) is 17.8 Å². The molecular weight excluding hydrogens is 264 g/mol. The Labute approximate surface area is 122 Å². The Hall–Kier alpha value is -2.50. The zero-order valence-electron chi connectivity index (χ0n) is 11.8. The fourth-order valence-electron chi connectivity index (χ4n) is 2.86. The zero-order chi connectivity index (χ0) is 14.2. The molecule has 1 aliphatic rings. The molecule has 1 aliphatic heterocycles. The Kier molecular flexibility index (Phi) is 2.80. The molecule has 6 nitrogen and oxygen atoms in total. The molecule has 0 fully saturated rings. The van der Waals surface area contributed by atoms with Gasteiger partial charge in [0.15, 0.2) is 0 Å². The molecule has 106 valence electrons. The molecule has 3 aromatic rings. The molecule has 0 spiro atoms. The normalized spacial score (nSPS) is 17.7. The van der Waals surface area contributed by atoms with Gasteiger partial charge < -0.3 is 5.32 Å². The third kappa shape index (κ3) is 2.22. The second kappa shape index (κ2) is 4.80. The van der Waals surface area contributed by atoms with E-state index < -0.39 is 0 Å². The van der Waals surface area contributed by atoms with Crippen molar-refractivity contribution in [1.82, 2.24) is 24.7 Å². The first kappa shape index (κ1) is 12.3. The van der Waals surface area contributed by atoms with Crippen molar-refractivity contribution in [3.63, 3.8) is 0 Å². The highest BCUT2D eigenvalue weighted by Gasteiger charge is 2.21. The monoisotopic (exact) mass is 280 g/mol. The molecule has 0 aliphatic carbocycles. The molecular formula is C15H16N6. The van der Waals surface area contributed by atoms with E-state index in [1.165, 1.54) is 0 Å². The first-order chi connectivity index (χ1) is 10.3. The van der Waals surface area contributed by atoms with Gasteiger partial charge in [-0.2, -0.15) is 5.10 Å². The average molecular weight is 280 g/mol. The van der Waals surface area contributed by atoms with Crippen LogP contribution in [0.15, 0.2) is 30.6 Å². The maximum Gasteiger partial charge on any atom is 0.147 e. The van der Waals surface area contributed by atoms with E-state index in [-0.39, 0.29) is 0 Å². The summed E-state index contributed by atoms with van der Waals surface area (Å²) in [5.41, 5.74) is 0.961. The maximum atomic E-state index is 4.44. The predicted octanol–water partition coefficient (Wildman–Crippen LogP) is 1.96. The first-order valence-corrected chi connectivity index (χ1v) is 7.16. The molecule has 1 atom stereocenters. The largest absolute Gasteiger partial charge is 0.365 e. The van der Waals surface area contributed by atoms with Gasteiger partial charge >= 0.3 is 0 Å². The van der Waals surface area contributed by atoms with Crippen molar-refractivity contribution in [3.05, 3.63) is 42.2 Å². The van der Waals surface area contributed by atoms with Crippen LogP contribution in [0, 0.1) is 6.92 Å². The van der Waals surface area contributed by atoms with Crippen LogP contribution in [-0.4, -0.2) is 30.8 Å². The van der Waals surface area contributed by atoms with Crippen LogP contribution in [0.5, 0.6) is 0 Å². The number of hydrogen-bond acceptors (Lipinski definition) is 5. The highest BCUT2D eigenvalue weighted by atomic mass is 15.4. The van der Waals surface area contributed by atoms with Gasteiger partial charge in [-0.25, -0.2) is 19.6 Å². The van der Waals surface area contributed by atoms with Gasteiger partial charge in [0.25, 0.3) is 0 Å². The van der Waals surface area contributed by atoms with Crippen LogP contribution in [-0.2, 0) is 13.0 Å². The number of hydrogen-bond donors (Lipinski definition) is 1. The number of nitrogens with zero attached hydrogens (tertiary/aromatic N) is 5. The van der Waals surface area contributed by atoms with E-state index in [2.05, 4.69) is 25.4 Å². The van der Waals surface area contributed by atoms with Crippen molar-refractivity contribution >= 4 is 16.7 Å². The summed E-state index contributed by atoms with van der Waals surface area (Å²) >= 11 is 0. The smallest absolute Gasteiger partial charge is 0.147 e. The van der Waals surface area contributed by atoms with E-state index >= 15 is 0 Å². The van der Waals surface area contributed by atoms with Crippen molar-refractivity contribution < 1.29 is 0 Å². The molecule has 1 N–H and O–H groups in total. The molecule has 1 unspecified atom stereocenters. The van der Waals surface area contributed by atoms with Crippen molar-refractivity contribution in [3.8, 4) is 0 Å². The summed E-state index contributed by atoms with van der Waals surface area (Å²) in [4.78, 5) is 13.1. The van der Waals surface area contributed by atoms with Gasteiger partial charge in [-0.3, -0.25) is 0 Å². The van der Waals surface area contributed by atoms with E-state index in [0.717, 1.165) is 47.8 Å². The lowest BCUT2D eigenvalue weighted by atomic mass is 10.1. The SMILES string of the molecule is Cc1nc2n(n1)CC(Nc1ncnc3ccccc13)CC2. The third-order valence-electron chi connectivity index (χ3n) is 3.85.